The molecule has 0 aliphatic carbocycles. The molecule has 0 radical (unpaired) electrons. The van der Waals surface area contributed by atoms with E-state index in [9.17, 15) is 62.3 Å². The monoisotopic (exact) mass is 1110 g/mol. The zero-order valence-electron chi connectivity index (χ0n) is 43.7. The second-order valence-corrected chi connectivity index (χ2v) is 16.1. The van der Waals surface area contributed by atoms with Gasteiger partial charge in [0.05, 0.1) is 5.84 Å². The predicted octanol–water partition coefficient (Wildman–Crippen LogP) is -3.79. The molecule has 0 aliphatic rings. The molecule has 0 saturated heterocycles. The standard InChI is InChI=1S/C10H15N3O2.C8H12N4O2.C8H12N2O2.C6H10N4O2.C5H7N3O.C5H6N2O2.C4H4N2O2/c1-2-8(11)4-3-6-13-7-5-9(14)12-10(13)15;9-6(10)2-1-4-12-5-3-7(13)11-8(12)14;1-2-3-5-10-6-4-7(11)9-8(10)12;7-1-2-10-4(8)3-5(11)9-6(10)12;1-3-2-7-5(9)8-4(3)6;1-7-3-2-4(8)6-5(7)9;7-3-1-2-5-4(8)6-3/h5,7,11H,2-4,6H2,1H3,(H,12,14,15);3,5H,1-2,4H2,(H3,9,10)(H,11,13,14);4,6H,2-3,5H2,1H3,(H,9,11,12);3H,1-2,7-8H2,(H,9,11,12);2H,1H3,(H3,6,7,8,9);2-3H,1H3,(H,6,8,9);1-2H,(H2,5,6,7,8). The molecule has 7 heterocycles. The first-order valence-electron chi connectivity index (χ1n) is 23.7. The number of nitrogens with zero attached hydrogens (tertiary/aromatic N) is 6. The maximum atomic E-state index is 11.2. The van der Waals surface area contributed by atoms with Gasteiger partial charge in [-0.2, -0.15) is 0 Å². The lowest BCUT2D eigenvalue weighted by Crippen LogP contribution is -2.33. The van der Waals surface area contributed by atoms with Crippen molar-refractivity contribution in [2.45, 2.75) is 91.9 Å². The fraction of sp³-hybridized carbons (Fsp3) is 0.348. The van der Waals surface area contributed by atoms with Gasteiger partial charge in [0.15, 0.2) is 0 Å². The van der Waals surface area contributed by atoms with E-state index < -0.39 is 33.9 Å². The van der Waals surface area contributed by atoms with Crippen LogP contribution in [0.1, 0.15) is 64.4 Å². The van der Waals surface area contributed by atoms with Crippen LogP contribution in [0.2, 0.25) is 0 Å². The normalized spacial score (nSPS) is 9.84. The van der Waals surface area contributed by atoms with Gasteiger partial charge in [-0.05, 0) is 39.0 Å². The van der Waals surface area contributed by atoms with Crippen LogP contribution in [-0.2, 0) is 33.2 Å². The van der Waals surface area contributed by atoms with E-state index in [1.54, 1.807) is 14.0 Å². The van der Waals surface area contributed by atoms with Crippen LogP contribution in [0, 0.1) is 17.7 Å². The molecule has 0 saturated carbocycles. The van der Waals surface area contributed by atoms with E-state index in [1.165, 1.54) is 90.3 Å². The SMILES string of the molecule is CCC(=N)CCCn1ccc(=O)[nH]c1=O.CCCCn1ccc(=O)[nH]c1=O.Cc1cnc(=O)[nH]c1N.Cn1ccc(=O)[nH]c1=O.N=C(N)CCCn1ccc(=O)[nH]c1=O.NCCn1c(N)cc(=O)[nH]c1=O.O=c1cc[nH]c(=O)[nH]1. The third-order valence-electron chi connectivity index (χ3n) is 9.74. The number of aromatic amines is 8. The Balaban J connectivity index is 0.000000465. The first kappa shape index (κ1) is 66.7. The lowest BCUT2D eigenvalue weighted by Gasteiger charge is -2.04. The van der Waals surface area contributed by atoms with Gasteiger partial charge in [-0.1, -0.05) is 20.3 Å². The molecule has 0 spiro atoms. The van der Waals surface area contributed by atoms with Gasteiger partial charge in [0.25, 0.3) is 33.4 Å². The Hall–Kier alpha value is -10.3. The van der Waals surface area contributed by atoms with Crippen molar-refractivity contribution in [1.29, 1.82) is 10.8 Å². The number of hydrogen-bond acceptors (Lipinski definition) is 19. The highest BCUT2D eigenvalue weighted by Gasteiger charge is 2.01. The van der Waals surface area contributed by atoms with Crippen LogP contribution in [0.25, 0.3) is 0 Å². The molecule has 428 valence electrons. The van der Waals surface area contributed by atoms with Gasteiger partial charge in [-0.3, -0.25) is 73.6 Å². The van der Waals surface area contributed by atoms with Crippen molar-refractivity contribution < 1.29 is 0 Å². The van der Waals surface area contributed by atoms with E-state index in [0.717, 1.165) is 37.3 Å². The highest BCUT2D eigenvalue weighted by molar-refractivity contribution is 5.80. The van der Waals surface area contributed by atoms with E-state index in [-0.39, 0.29) is 51.0 Å². The lowest BCUT2D eigenvalue weighted by molar-refractivity contribution is 0.597. The molecule has 33 heteroatoms. The van der Waals surface area contributed by atoms with Crippen LogP contribution in [0.4, 0.5) is 11.6 Å². The summed E-state index contributed by atoms with van der Waals surface area (Å²) in [6, 6.07) is 7.65. The molecule has 79 heavy (non-hydrogen) atoms. The Morgan fingerprint density at radius 2 is 1.03 bits per heavy atom. The van der Waals surface area contributed by atoms with Crippen LogP contribution in [0.3, 0.4) is 0 Å². The minimum Gasteiger partial charge on any atom is -0.388 e. The number of aromatic nitrogens is 14. The molecular formula is C46H66N20O13. The Bertz CT molecular complexity index is 3820. The van der Waals surface area contributed by atoms with Gasteiger partial charge < -0.3 is 51.6 Å². The summed E-state index contributed by atoms with van der Waals surface area (Å²) in [6.45, 7) is 8.04. The van der Waals surface area contributed by atoms with Crippen molar-refractivity contribution >= 4 is 23.2 Å². The summed E-state index contributed by atoms with van der Waals surface area (Å²) < 4.78 is 6.84. The van der Waals surface area contributed by atoms with Gasteiger partial charge in [0.1, 0.15) is 11.6 Å². The van der Waals surface area contributed by atoms with Crippen molar-refractivity contribution in [3.05, 3.63) is 215 Å². The van der Waals surface area contributed by atoms with E-state index >= 15 is 0 Å². The van der Waals surface area contributed by atoms with Crippen LogP contribution < -0.4 is 96.1 Å². The number of unbranched alkanes of at least 4 members (excludes halogenated alkanes) is 1. The summed E-state index contributed by atoms with van der Waals surface area (Å²) in [5, 5.41) is 14.4. The number of anilines is 2. The molecule has 7 rings (SSSR count). The first-order valence-corrected chi connectivity index (χ1v) is 23.7. The summed E-state index contributed by atoms with van der Waals surface area (Å²) in [5.74, 6) is 0.617. The molecule has 0 aliphatic heterocycles. The maximum Gasteiger partial charge on any atom is 0.346 e. The molecule has 33 nitrogen and oxygen atoms in total. The minimum atomic E-state index is -0.523. The third-order valence-corrected chi connectivity index (χ3v) is 9.74. The first-order chi connectivity index (χ1) is 37.3. The van der Waals surface area contributed by atoms with E-state index in [4.69, 9.17) is 33.8 Å². The second kappa shape index (κ2) is 35.8. The fourth-order valence-corrected chi connectivity index (χ4v) is 5.50. The number of hydrogen-bond donors (Lipinski definition) is 14. The topological polar surface area (TPSA) is 538 Å². The van der Waals surface area contributed by atoms with Crippen molar-refractivity contribution in [1.82, 2.24) is 67.7 Å². The molecule has 0 amide bonds. The summed E-state index contributed by atoms with van der Waals surface area (Å²) in [4.78, 5) is 160. The molecule has 18 N–H and O–H groups in total. The van der Waals surface area contributed by atoms with Crippen LogP contribution in [0.5, 0.6) is 0 Å². The Kier molecular flexibility index (Phi) is 30.2. The quantitative estimate of drug-likeness (QED) is 0.0367. The molecule has 0 bridgehead atoms. The summed E-state index contributed by atoms with van der Waals surface area (Å²) >= 11 is 0. The summed E-state index contributed by atoms with van der Waals surface area (Å²) in [7, 11) is 1.57. The highest BCUT2D eigenvalue weighted by Crippen LogP contribution is 1.98. The smallest absolute Gasteiger partial charge is 0.346 e. The number of H-pyrrole nitrogens is 8. The van der Waals surface area contributed by atoms with E-state index in [0.29, 0.717) is 63.5 Å². The number of aryl methyl sites for hydroxylation is 5. The number of nitrogens with two attached hydrogens (primary N) is 4. The van der Waals surface area contributed by atoms with Gasteiger partial charge in [0.2, 0.25) is 0 Å². The summed E-state index contributed by atoms with van der Waals surface area (Å²) in [5.41, 5.74) is 17.3. The molecule has 0 fully saturated rings. The molecule has 7 aromatic rings. The highest BCUT2D eigenvalue weighted by atomic mass is 16.2. The maximum absolute atomic E-state index is 11.2. The van der Waals surface area contributed by atoms with Crippen molar-refractivity contribution in [3.8, 4) is 0 Å². The average Bonchev–Trinajstić information content (AvgIpc) is 3.37. The lowest BCUT2D eigenvalue weighted by atomic mass is 10.2. The summed E-state index contributed by atoms with van der Waals surface area (Å²) in [6.07, 6.45) is 13.8. The van der Waals surface area contributed by atoms with E-state index in [1.807, 2.05) is 11.9 Å². The zero-order valence-corrected chi connectivity index (χ0v) is 43.7. The van der Waals surface area contributed by atoms with Crippen LogP contribution in [0.15, 0.2) is 136 Å². The number of nitrogens with one attached hydrogen (secondary N) is 10. The fourth-order valence-electron chi connectivity index (χ4n) is 5.50. The predicted molar refractivity (Wildman–Crippen MR) is 296 cm³/mol. The number of amidine groups is 1. The van der Waals surface area contributed by atoms with Crippen LogP contribution >= 0.6 is 0 Å². The molecule has 0 aromatic carbocycles. The van der Waals surface area contributed by atoms with Crippen molar-refractivity contribution in [2.75, 3.05) is 18.0 Å². The molecular weight excluding hydrogens is 1040 g/mol. The van der Waals surface area contributed by atoms with Gasteiger partial charge >= 0.3 is 39.8 Å². The number of rotatable bonds is 14. The van der Waals surface area contributed by atoms with Gasteiger partial charge in [-0.25, -0.2) is 38.5 Å². The Morgan fingerprint density at radius 3 is 1.39 bits per heavy atom. The third kappa shape index (κ3) is 28.2. The van der Waals surface area contributed by atoms with Gasteiger partial charge in [-0.15, -0.1) is 0 Å². The second-order valence-electron chi connectivity index (χ2n) is 16.1. The van der Waals surface area contributed by atoms with Crippen molar-refractivity contribution in [3.63, 3.8) is 0 Å². The number of nitrogen functional groups attached to an aromatic ring is 2. The van der Waals surface area contributed by atoms with Crippen LogP contribution in [-0.4, -0.2) is 85.8 Å². The molecule has 0 atom stereocenters. The largest absolute Gasteiger partial charge is 0.388 e. The average molecular weight is 1110 g/mol. The Morgan fingerprint density at radius 1 is 0.570 bits per heavy atom. The van der Waals surface area contributed by atoms with E-state index in [2.05, 4.69) is 46.8 Å². The minimum absolute atomic E-state index is 0.0995. The van der Waals surface area contributed by atoms with Gasteiger partial charge in [0, 0.05) is 131 Å². The molecule has 0 unspecified atom stereocenters. The molecule has 7 aromatic heterocycles. The Labute approximate surface area is 443 Å². The zero-order chi connectivity index (χ0) is 59.6. The van der Waals surface area contributed by atoms with Crippen molar-refractivity contribution in [2.24, 2.45) is 18.5 Å².